The number of benzene rings is 2. The second-order valence-corrected chi connectivity index (χ2v) is 5.27. The van der Waals surface area contributed by atoms with Crippen LogP contribution >= 0.6 is 0 Å². The molecule has 0 saturated heterocycles. The summed E-state index contributed by atoms with van der Waals surface area (Å²) in [6, 6.07) is 12.8. The summed E-state index contributed by atoms with van der Waals surface area (Å²) in [4.78, 5) is 0. The van der Waals surface area contributed by atoms with E-state index < -0.39 is 6.10 Å². The highest BCUT2D eigenvalue weighted by Gasteiger charge is 2.11. The normalized spacial score (nSPS) is 12.1. The lowest BCUT2D eigenvalue weighted by Gasteiger charge is -2.14. The zero-order chi connectivity index (χ0) is 16.9. The molecular weight excluding hydrogens is 310 g/mol. The topological polar surface area (TPSA) is 78.6 Å². The minimum Gasteiger partial charge on any atom is -0.496 e. The molecule has 3 aromatic rings. The van der Waals surface area contributed by atoms with E-state index in [0.717, 1.165) is 11.0 Å². The molecule has 0 aliphatic rings. The molecule has 0 bridgehead atoms. The molecule has 24 heavy (non-hydrogen) atoms. The van der Waals surface area contributed by atoms with Crippen molar-refractivity contribution in [2.24, 2.45) is 0 Å². The first-order chi connectivity index (χ1) is 11.7. The van der Waals surface area contributed by atoms with E-state index in [9.17, 15) is 5.11 Å². The predicted octanol–water partition coefficient (Wildman–Crippen LogP) is 1.89. The van der Waals surface area contributed by atoms with Gasteiger partial charge in [0.1, 0.15) is 35.5 Å². The fraction of sp³-hybridized carbons (Fsp3) is 0.294. The molecule has 7 heteroatoms. The SMILES string of the molecule is COc1cc(OC)cc(OCC(O)Cn2nnc3ccccc32)c1. The Bertz CT molecular complexity index is 796. The van der Waals surface area contributed by atoms with E-state index >= 15 is 0 Å². The van der Waals surface area contributed by atoms with Gasteiger partial charge in [-0.3, -0.25) is 0 Å². The van der Waals surface area contributed by atoms with Gasteiger partial charge in [-0.25, -0.2) is 4.68 Å². The van der Waals surface area contributed by atoms with Crippen LogP contribution in [-0.4, -0.2) is 47.0 Å². The quantitative estimate of drug-likeness (QED) is 0.713. The number of ether oxygens (including phenoxy) is 3. The lowest BCUT2D eigenvalue weighted by molar-refractivity contribution is 0.0897. The molecule has 0 aliphatic carbocycles. The van der Waals surface area contributed by atoms with Gasteiger partial charge < -0.3 is 19.3 Å². The Morgan fingerprint density at radius 1 is 1.04 bits per heavy atom. The summed E-state index contributed by atoms with van der Waals surface area (Å²) in [6.07, 6.45) is -0.729. The molecule has 0 fully saturated rings. The molecule has 0 radical (unpaired) electrons. The monoisotopic (exact) mass is 329 g/mol. The van der Waals surface area contributed by atoms with Gasteiger partial charge in [-0.15, -0.1) is 5.10 Å². The van der Waals surface area contributed by atoms with Crippen molar-refractivity contribution in [2.75, 3.05) is 20.8 Å². The molecule has 1 aromatic heterocycles. The van der Waals surface area contributed by atoms with E-state index in [4.69, 9.17) is 14.2 Å². The first-order valence-electron chi connectivity index (χ1n) is 7.52. The van der Waals surface area contributed by atoms with Crippen LogP contribution in [0.1, 0.15) is 0 Å². The number of para-hydroxylation sites is 1. The minimum absolute atomic E-state index is 0.116. The van der Waals surface area contributed by atoms with Crippen LogP contribution in [0.25, 0.3) is 11.0 Å². The van der Waals surface area contributed by atoms with Crippen LogP contribution in [-0.2, 0) is 6.54 Å². The summed E-state index contributed by atoms with van der Waals surface area (Å²) in [7, 11) is 3.15. The maximum absolute atomic E-state index is 10.2. The summed E-state index contributed by atoms with van der Waals surface area (Å²) in [6.45, 7) is 0.409. The number of fused-ring (bicyclic) bond motifs is 1. The fourth-order valence-electron chi connectivity index (χ4n) is 2.36. The van der Waals surface area contributed by atoms with E-state index in [1.54, 1.807) is 37.1 Å². The highest BCUT2D eigenvalue weighted by molar-refractivity contribution is 5.73. The Labute approximate surface area is 139 Å². The third-order valence-electron chi connectivity index (χ3n) is 3.57. The molecule has 2 aromatic carbocycles. The molecule has 3 rings (SSSR count). The van der Waals surface area contributed by atoms with Crippen LogP contribution in [0.5, 0.6) is 17.2 Å². The average Bonchev–Trinajstić information content (AvgIpc) is 3.02. The Morgan fingerprint density at radius 2 is 1.71 bits per heavy atom. The summed E-state index contributed by atoms with van der Waals surface area (Å²) < 4.78 is 17.7. The summed E-state index contributed by atoms with van der Waals surface area (Å²) >= 11 is 0. The number of hydrogen-bond acceptors (Lipinski definition) is 6. The average molecular weight is 329 g/mol. The van der Waals surface area contributed by atoms with Crippen molar-refractivity contribution >= 4 is 11.0 Å². The number of aliphatic hydroxyl groups excluding tert-OH is 1. The third-order valence-corrected chi connectivity index (χ3v) is 3.57. The molecule has 126 valence electrons. The van der Waals surface area contributed by atoms with Gasteiger partial charge in [-0.05, 0) is 12.1 Å². The van der Waals surface area contributed by atoms with Crippen LogP contribution in [0.15, 0.2) is 42.5 Å². The van der Waals surface area contributed by atoms with Crippen LogP contribution in [0.4, 0.5) is 0 Å². The maximum Gasteiger partial charge on any atom is 0.126 e. The van der Waals surface area contributed by atoms with Crippen LogP contribution in [0.2, 0.25) is 0 Å². The number of nitrogens with zero attached hydrogens (tertiary/aromatic N) is 3. The van der Waals surface area contributed by atoms with E-state index in [1.165, 1.54) is 0 Å². The number of aliphatic hydroxyl groups is 1. The zero-order valence-corrected chi connectivity index (χ0v) is 13.5. The lowest BCUT2D eigenvalue weighted by Crippen LogP contribution is -2.24. The van der Waals surface area contributed by atoms with Gasteiger partial charge in [-0.1, -0.05) is 17.3 Å². The maximum atomic E-state index is 10.2. The van der Waals surface area contributed by atoms with E-state index in [-0.39, 0.29) is 6.61 Å². The minimum atomic E-state index is -0.729. The molecule has 1 heterocycles. The molecule has 0 spiro atoms. The van der Waals surface area contributed by atoms with Gasteiger partial charge in [0.2, 0.25) is 0 Å². The largest absolute Gasteiger partial charge is 0.496 e. The molecule has 7 nitrogen and oxygen atoms in total. The van der Waals surface area contributed by atoms with Crippen LogP contribution in [0, 0.1) is 0 Å². The molecule has 0 amide bonds. The van der Waals surface area contributed by atoms with Crippen molar-refractivity contribution in [1.29, 1.82) is 0 Å². The summed E-state index contributed by atoms with van der Waals surface area (Å²) in [5.74, 6) is 1.82. The van der Waals surface area contributed by atoms with Gasteiger partial charge in [0.25, 0.3) is 0 Å². The molecule has 1 atom stereocenters. The van der Waals surface area contributed by atoms with Crippen molar-refractivity contribution in [2.45, 2.75) is 12.6 Å². The first-order valence-corrected chi connectivity index (χ1v) is 7.52. The number of methoxy groups -OCH3 is 2. The number of hydrogen-bond donors (Lipinski definition) is 1. The fourth-order valence-corrected chi connectivity index (χ4v) is 2.36. The zero-order valence-electron chi connectivity index (χ0n) is 13.5. The van der Waals surface area contributed by atoms with Crippen LogP contribution in [0.3, 0.4) is 0 Å². The van der Waals surface area contributed by atoms with Crippen molar-refractivity contribution in [3.8, 4) is 17.2 Å². The number of aromatic nitrogens is 3. The smallest absolute Gasteiger partial charge is 0.126 e. The summed E-state index contributed by atoms with van der Waals surface area (Å²) in [5, 5.41) is 18.3. The van der Waals surface area contributed by atoms with Crippen LogP contribution < -0.4 is 14.2 Å². The highest BCUT2D eigenvalue weighted by Crippen LogP contribution is 2.27. The van der Waals surface area contributed by atoms with Gasteiger partial charge in [-0.2, -0.15) is 0 Å². The van der Waals surface area contributed by atoms with E-state index in [2.05, 4.69) is 10.3 Å². The molecule has 1 N–H and O–H groups in total. The van der Waals surface area contributed by atoms with E-state index in [1.807, 2.05) is 24.3 Å². The Balaban J connectivity index is 1.64. The second-order valence-electron chi connectivity index (χ2n) is 5.27. The first kappa shape index (κ1) is 16.1. The number of rotatable bonds is 7. The summed E-state index contributed by atoms with van der Waals surface area (Å²) in [5.41, 5.74) is 1.67. The van der Waals surface area contributed by atoms with Crippen molar-refractivity contribution < 1.29 is 19.3 Å². The molecule has 1 unspecified atom stereocenters. The van der Waals surface area contributed by atoms with Crippen molar-refractivity contribution in [3.05, 3.63) is 42.5 Å². The van der Waals surface area contributed by atoms with Gasteiger partial charge >= 0.3 is 0 Å². The molecule has 0 saturated carbocycles. The van der Waals surface area contributed by atoms with Gasteiger partial charge in [0.05, 0.1) is 26.3 Å². The Morgan fingerprint density at radius 3 is 2.42 bits per heavy atom. The lowest BCUT2D eigenvalue weighted by atomic mass is 10.3. The van der Waals surface area contributed by atoms with Gasteiger partial charge in [0.15, 0.2) is 0 Å². The second kappa shape index (κ2) is 7.18. The van der Waals surface area contributed by atoms with Gasteiger partial charge in [0, 0.05) is 18.2 Å². The van der Waals surface area contributed by atoms with Crippen molar-refractivity contribution in [1.82, 2.24) is 15.0 Å². The Hall–Kier alpha value is -2.80. The molecular formula is C17H19N3O4. The standard InChI is InChI=1S/C17H19N3O4/c1-22-13-7-14(23-2)9-15(8-13)24-11-12(21)10-20-17-6-4-3-5-16(17)18-19-20/h3-9,12,21H,10-11H2,1-2H3. The predicted molar refractivity (Wildman–Crippen MR) is 88.6 cm³/mol. The van der Waals surface area contributed by atoms with E-state index in [0.29, 0.717) is 23.8 Å². The highest BCUT2D eigenvalue weighted by atomic mass is 16.5. The Kier molecular flexibility index (Phi) is 4.81. The third kappa shape index (κ3) is 3.57. The van der Waals surface area contributed by atoms with Crippen molar-refractivity contribution in [3.63, 3.8) is 0 Å². The molecule has 0 aliphatic heterocycles.